The van der Waals surface area contributed by atoms with E-state index in [2.05, 4.69) is 15.6 Å². The van der Waals surface area contributed by atoms with E-state index in [0.717, 1.165) is 51.5 Å². The van der Waals surface area contributed by atoms with Crippen LogP contribution in [0.1, 0.15) is 72.5 Å². The molecular formula is C22H25ClF3N3O. The number of hydrogen-bond donors (Lipinski definition) is 2. The molecule has 8 heteroatoms. The molecule has 2 aliphatic rings. The summed E-state index contributed by atoms with van der Waals surface area (Å²) in [5.74, 6) is -0.406. The van der Waals surface area contributed by atoms with Gasteiger partial charge in [-0.3, -0.25) is 4.79 Å². The number of nitrogens with one attached hydrogen (secondary N) is 2. The molecular weight excluding hydrogens is 415 g/mol. The van der Waals surface area contributed by atoms with Gasteiger partial charge in [-0.2, -0.15) is 13.2 Å². The van der Waals surface area contributed by atoms with Crippen LogP contribution >= 0.6 is 11.6 Å². The zero-order valence-electron chi connectivity index (χ0n) is 16.6. The Labute approximate surface area is 178 Å². The quantitative estimate of drug-likeness (QED) is 0.667. The summed E-state index contributed by atoms with van der Waals surface area (Å²) in [6.07, 6.45) is 2.36. The summed E-state index contributed by atoms with van der Waals surface area (Å²) < 4.78 is 41.5. The smallest absolute Gasteiger partial charge is 0.349 e. The highest BCUT2D eigenvalue weighted by atomic mass is 35.5. The fraction of sp³-hybridized carbons (Fsp3) is 0.545. The van der Waals surface area contributed by atoms with E-state index in [9.17, 15) is 18.0 Å². The molecule has 1 aliphatic heterocycles. The summed E-state index contributed by atoms with van der Waals surface area (Å²) in [5.41, 5.74) is -0.538. The Morgan fingerprint density at radius 3 is 2.53 bits per heavy atom. The maximum Gasteiger partial charge on any atom is 0.418 e. The van der Waals surface area contributed by atoms with E-state index < -0.39 is 17.6 Å². The van der Waals surface area contributed by atoms with E-state index in [-0.39, 0.29) is 33.6 Å². The van der Waals surface area contributed by atoms with E-state index in [1.54, 1.807) is 6.07 Å². The third-order valence-corrected chi connectivity index (χ3v) is 6.48. The van der Waals surface area contributed by atoms with Crippen LogP contribution in [0.5, 0.6) is 0 Å². The molecule has 1 aromatic carbocycles. The highest BCUT2D eigenvalue weighted by molar-refractivity contribution is 6.35. The number of benzene rings is 1. The molecule has 162 valence electrons. The first-order valence-corrected chi connectivity index (χ1v) is 10.9. The summed E-state index contributed by atoms with van der Waals surface area (Å²) >= 11 is 6.36. The minimum atomic E-state index is -4.58. The summed E-state index contributed by atoms with van der Waals surface area (Å²) in [4.78, 5) is 16.7. The van der Waals surface area contributed by atoms with Gasteiger partial charge in [0.2, 0.25) is 0 Å². The molecule has 0 radical (unpaired) electrons. The lowest BCUT2D eigenvalue weighted by Gasteiger charge is -2.23. The van der Waals surface area contributed by atoms with Gasteiger partial charge in [-0.25, -0.2) is 4.98 Å². The van der Waals surface area contributed by atoms with Crippen LogP contribution in [0.15, 0.2) is 18.2 Å². The number of carbonyl (C=O) groups is 1. The van der Waals surface area contributed by atoms with Gasteiger partial charge in [0.25, 0.3) is 5.91 Å². The normalized spacial score (nSPS) is 20.6. The number of nitrogens with zero attached hydrogens (tertiary/aromatic N) is 1. The van der Waals surface area contributed by atoms with Crippen molar-refractivity contribution < 1.29 is 18.0 Å². The van der Waals surface area contributed by atoms with E-state index >= 15 is 0 Å². The summed E-state index contributed by atoms with van der Waals surface area (Å²) in [5, 5.41) is 6.46. The highest BCUT2D eigenvalue weighted by Gasteiger charge is 2.35. The van der Waals surface area contributed by atoms with Crippen LogP contribution in [0.4, 0.5) is 13.2 Å². The highest BCUT2D eigenvalue weighted by Crippen LogP contribution is 2.42. The first-order chi connectivity index (χ1) is 14.3. The Hall–Kier alpha value is -1.86. The van der Waals surface area contributed by atoms with Crippen molar-refractivity contribution in [2.24, 2.45) is 0 Å². The third kappa shape index (κ3) is 4.57. The average molecular weight is 440 g/mol. The van der Waals surface area contributed by atoms with E-state index in [1.807, 2.05) is 0 Å². The molecule has 1 saturated heterocycles. The molecule has 1 unspecified atom stereocenters. The number of rotatable bonds is 4. The molecule has 1 atom stereocenters. The number of fused-ring (bicyclic) bond motifs is 1. The lowest BCUT2D eigenvalue weighted by atomic mass is 9.93. The van der Waals surface area contributed by atoms with Gasteiger partial charge in [0, 0.05) is 18.0 Å². The SMILES string of the molecule is O=C(NCC1CCCCN1)c1cc(Cl)c2cc(C3CCCC3)cc(C(F)(F)F)c2n1. The van der Waals surface area contributed by atoms with Crippen LogP contribution in [-0.2, 0) is 6.18 Å². The Morgan fingerprint density at radius 1 is 1.13 bits per heavy atom. The topological polar surface area (TPSA) is 54.0 Å². The van der Waals surface area contributed by atoms with Crippen molar-refractivity contribution in [1.82, 2.24) is 15.6 Å². The molecule has 4 rings (SSSR count). The van der Waals surface area contributed by atoms with Gasteiger partial charge in [-0.05, 0) is 61.9 Å². The predicted molar refractivity (Wildman–Crippen MR) is 111 cm³/mol. The second kappa shape index (κ2) is 8.71. The first-order valence-electron chi connectivity index (χ1n) is 10.6. The molecule has 0 spiro atoms. The van der Waals surface area contributed by atoms with Crippen LogP contribution in [0, 0.1) is 0 Å². The Balaban J connectivity index is 1.67. The number of amides is 1. The maximum atomic E-state index is 13.8. The standard InChI is InChI=1S/C22H25ClF3N3O/c23-18-11-19(21(30)28-12-15-7-3-4-8-27-15)29-20-16(18)9-14(13-5-1-2-6-13)10-17(20)22(24,25)26/h9-11,13,15,27H,1-8,12H2,(H,28,30). The zero-order chi connectivity index (χ0) is 21.3. The fourth-order valence-corrected chi connectivity index (χ4v) is 4.79. The molecule has 2 fully saturated rings. The van der Waals surface area contributed by atoms with Crippen molar-refractivity contribution in [2.75, 3.05) is 13.1 Å². The maximum absolute atomic E-state index is 13.8. The molecule has 2 N–H and O–H groups in total. The van der Waals surface area contributed by atoms with Crippen LogP contribution in [-0.4, -0.2) is 30.0 Å². The molecule has 0 bridgehead atoms. The van der Waals surface area contributed by atoms with Crippen molar-refractivity contribution in [3.8, 4) is 0 Å². The van der Waals surface area contributed by atoms with Crippen molar-refractivity contribution >= 4 is 28.4 Å². The molecule has 1 aromatic heterocycles. The van der Waals surface area contributed by atoms with Crippen LogP contribution in [0.3, 0.4) is 0 Å². The van der Waals surface area contributed by atoms with Gasteiger partial charge < -0.3 is 10.6 Å². The first kappa shape index (κ1) is 21.4. The summed E-state index contributed by atoms with van der Waals surface area (Å²) in [6.45, 7) is 1.31. The lowest BCUT2D eigenvalue weighted by molar-refractivity contribution is -0.136. The van der Waals surface area contributed by atoms with Gasteiger partial charge in [-0.1, -0.05) is 30.9 Å². The van der Waals surface area contributed by atoms with Crippen molar-refractivity contribution in [1.29, 1.82) is 0 Å². The fourth-order valence-electron chi connectivity index (χ4n) is 4.54. The number of alkyl halides is 3. The Kier molecular flexibility index (Phi) is 6.21. The largest absolute Gasteiger partial charge is 0.418 e. The monoisotopic (exact) mass is 439 g/mol. The average Bonchev–Trinajstić information content (AvgIpc) is 3.26. The molecule has 1 amide bonds. The minimum Gasteiger partial charge on any atom is -0.349 e. The number of halogens is 4. The second-order valence-electron chi connectivity index (χ2n) is 8.29. The van der Waals surface area contributed by atoms with E-state index in [1.165, 1.54) is 12.1 Å². The van der Waals surface area contributed by atoms with Crippen molar-refractivity contribution in [3.05, 3.63) is 40.0 Å². The van der Waals surface area contributed by atoms with Crippen LogP contribution in [0.2, 0.25) is 5.02 Å². The molecule has 2 aromatic rings. The zero-order valence-corrected chi connectivity index (χ0v) is 17.4. The van der Waals surface area contributed by atoms with Crippen molar-refractivity contribution in [2.45, 2.75) is 63.1 Å². The molecule has 30 heavy (non-hydrogen) atoms. The van der Waals surface area contributed by atoms with Crippen LogP contribution in [0.25, 0.3) is 10.9 Å². The summed E-state index contributed by atoms with van der Waals surface area (Å²) in [7, 11) is 0. The van der Waals surface area contributed by atoms with Gasteiger partial charge in [0.1, 0.15) is 5.69 Å². The molecule has 4 nitrogen and oxygen atoms in total. The Bertz CT molecular complexity index is 935. The minimum absolute atomic E-state index is 0.0950. The second-order valence-corrected chi connectivity index (χ2v) is 8.70. The third-order valence-electron chi connectivity index (χ3n) is 6.17. The number of carbonyl (C=O) groups excluding carboxylic acids is 1. The number of hydrogen-bond acceptors (Lipinski definition) is 3. The van der Waals surface area contributed by atoms with E-state index in [0.29, 0.717) is 12.1 Å². The van der Waals surface area contributed by atoms with Crippen molar-refractivity contribution in [3.63, 3.8) is 0 Å². The number of piperidine rings is 1. The van der Waals surface area contributed by atoms with Crippen LogP contribution < -0.4 is 10.6 Å². The number of pyridine rings is 1. The Morgan fingerprint density at radius 2 is 1.87 bits per heavy atom. The molecule has 1 saturated carbocycles. The lowest BCUT2D eigenvalue weighted by Crippen LogP contribution is -2.43. The van der Waals surface area contributed by atoms with Gasteiger partial charge in [-0.15, -0.1) is 0 Å². The van der Waals surface area contributed by atoms with Gasteiger partial charge in [0.15, 0.2) is 0 Å². The van der Waals surface area contributed by atoms with Gasteiger partial charge in [0.05, 0.1) is 16.1 Å². The predicted octanol–water partition coefficient (Wildman–Crippen LogP) is 5.44. The number of aromatic nitrogens is 1. The summed E-state index contributed by atoms with van der Waals surface area (Å²) in [6, 6.07) is 4.43. The van der Waals surface area contributed by atoms with E-state index in [4.69, 9.17) is 11.6 Å². The molecule has 2 heterocycles. The molecule has 1 aliphatic carbocycles. The van der Waals surface area contributed by atoms with Gasteiger partial charge >= 0.3 is 6.18 Å².